The smallest absolute Gasteiger partial charge is 0.337 e. The lowest BCUT2D eigenvalue weighted by atomic mass is 10.0. The molecule has 0 saturated heterocycles. The van der Waals surface area contributed by atoms with Gasteiger partial charge in [-0.05, 0) is 18.1 Å². The standard InChI is InChI=1S/C14H19NO4/c1-4-9(2)7-13(16)15-12-8-10(19-3)5-6-11(12)14(17)18/h5-6,8-9H,4,7H2,1-3H3,(H,15,16)(H,17,18). The molecule has 0 spiro atoms. The number of amides is 1. The lowest BCUT2D eigenvalue weighted by Gasteiger charge is -2.12. The van der Waals surface area contributed by atoms with Gasteiger partial charge in [-0.25, -0.2) is 4.79 Å². The van der Waals surface area contributed by atoms with Crippen molar-refractivity contribution < 1.29 is 19.4 Å². The van der Waals surface area contributed by atoms with Crippen LogP contribution in [0.25, 0.3) is 0 Å². The largest absolute Gasteiger partial charge is 0.497 e. The fourth-order valence-corrected chi connectivity index (χ4v) is 1.60. The first-order valence-corrected chi connectivity index (χ1v) is 6.19. The molecule has 1 rings (SSSR count). The molecule has 0 aliphatic heterocycles. The zero-order chi connectivity index (χ0) is 14.4. The maximum Gasteiger partial charge on any atom is 0.337 e. The van der Waals surface area contributed by atoms with E-state index in [4.69, 9.17) is 9.84 Å². The summed E-state index contributed by atoms with van der Waals surface area (Å²) in [5, 5.41) is 11.7. The van der Waals surface area contributed by atoms with Crippen LogP contribution in [0.4, 0.5) is 5.69 Å². The molecule has 0 aliphatic rings. The number of methoxy groups -OCH3 is 1. The van der Waals surface area contributed by atoms with Crippen LogP contribution < -0.4 is 10.1 Å². The number of hydrogen-bond acceptors (Lipinski definition) is 3. The molecule has 1 atom stereocenters. The molecule has 1 aromatic rings. The van der Waals surface area contributed by atoms with Crippen molar-refractivity contribution in [2.24, 2.45) is 5.92 Å². The van der Waals surface area contributed by atoms with E-state index in [1.807, 2.05) is 13.8 Å². The van der Waals surface area contributed by atoms with E-state index in [2.05, 4.69) is 5.32 Å². The highest BCUT2D eigenvalue weighted by atomic mass is 16.5. The summed E-state index contributed by atoms with van der Waals surface area (Å²) in [5.74, 6) is -0.505. The molecule has 19 heavy (non-hydrogen) atoms. The van der Waals surface area contributed by atoms with E-state index in [0.29, 0.717) is 12.2 Å². The highest BCUT2D eigenvalue weighted by molar-refractivity contribution is 6.00. The quantitative estimate of drug-likeness (QED) is 0.829. The van der Waals surface area contributed by atoms with Gasteiger partial charge in [-0.2, -0.15) is 0 Å². The number of aromatic carboxylic acids is 1. The Labute approximate surface area is 112 Å². The first kappa shape index (κ1) is 15.0. The normalized spacial score (nSPS) is 11.7. The minimum absolute atomic E-state index is 0.0540. The molecule has 0 radical (unpaired) electrons. The number of anilines is 1. The molecule has 0 aromatic heterocycles. The summed E-state index contributed by atoms with van der Waals surface area (Å²) in [6, 6.07) is 4.48. The molecule has 104 valence electrons. The minimum atomic E-state index is -1.08. The predicted octanol–water partition coefficient (Wildman–Crippen LogP) is 2.77. The van der Waals surface area contributed by atoms with Crippen LogP contribution >= 0.6 is 0 Å². The van der Waals surface area contributed by atoms with Gasteiger partial charge >= 0.3 is 5.97 Å². The number of benzene rings is 1. The van der Waals surface area contributed by atoms with Gasteiger partial charge in [0.2, 0.25) is 5.91 Å². The Morgan fingerprint density at radius 3 is 2.63 bits per heavy atom. The van der Waals surface area contributed by atoms with E-state index in [1.165, 1.54) is 19.2 Å². The number of ether oxygens (including phenoxy) is 1. The molecule has 0 aliphatic carbocycles. The Kier molecular flexibility index (Phi) is 5.36. The second kappa shape index (κ2) is 6.78. The van der Waals surface area contributed by atoms with E-state index < -0.39 is 5.97 Å². The van der Waals surface area contributed by atoms with Crippen LogP contribution in [0.1, 0.15) is 37.0 Å². The molecule has 0 bridgehead atoms. The molecule has 1 unspecified atom stereocenters. The highest BCUT2D eigenvalue weighted by Crippen LogP contribution is 2.23. The van der Waals surface area contributed by atoms with E-state index in [9.17, 15) is 9.59 Å². The first-order valence-electron chi connectivity index (χ1n) is 6.19. The van der Waals surface area contributed by atoms with Gasteiger partial charge in [0, 0.05) is 12.5 Å². The van der Waals surface area contributed by atoms with E-state index in [0.717, 1.165) is 6.42 Å². The topological polar surface area (TPSA) is 75.6 Å². The Morgan fingerprint density at radius 1 is 1.42 bits per heavy atom. The van der Waals surface area contributed by atoms with Gasteiger partial charge in [-0.1, -0.05) is 20.3 Å². The van der Waals surface area contributed by atoms with Crippen LogP contribution in [0.5, 0.6) is 5.75 Å². The Hall–Kier alpha value is -2.04. The van der Waals surface area contributed by atoms with Crippen LogP contribution in [-0.2, 0) is 4.79 Å². The second-order valence-corrected chi connectivity index (χ2v) is 4.48. The SMILES string of the molecule is CCC(C)CC(=O)Nc1cc(OC)ccc1C(=O)O. The van der Waals surface area contributed by atoms with E-state index in [-0.39, 0.29) is 23.1 Å². The van der Waals surface area contributed by atoms with Crippen molar-refractivity contribution in [1.82, 2.24) is 0 Å². The van der Waals surface area contributed by atoms with Crippen molar-refractivity contribution in [2.45, 2.75) is 26.7 Å². The summed E-state index contributed by atoms with van der Waals surface area (Å²) < 4.78 is 5.03. The molecular formula is C14H19NO4. The van der Waals surface area contributed by atoms with Gasteiger partial charge in [0.25, 0.3) is 0 Å². The van der Waals surface area contributed by atoms with Crippen molar-refractivity contribution in [3.63, 3.8) is 0 Å². The third-order valence-electron chi connectivity index (χ3n) is 2.96. The molecule has 5 heteroatoms. The van der Waals surface area contributed by atoms with Crippen LogP contribution in [-0.4, -0.2) is 24.1 Å². The molecule has 0 heterocycles. The maximum atomic E-state index is 11.8. The Morgan fingerprint density at radius 2 is 2.11 bits per heavy atom. The lowest BCUT2D eigenvalue weighted by Crippen LogP contribution is -2.17. The van der Waals surface area contributed by atoms with E-state index in [1.54, 1.807) is 6.07 Å². The molecule has 0 saturated carbocycles. The number of rotatable bonds is 6. The average molecular weight is 265 g/mol. The number of carboxylic acids is 1. The predicted molar refractivity (Wildman–Crippen MR) is 72.7 cm³/mol. The second-order valence-electron chi connectivity index (χ2n) is 4.48. The fourth-order valence-electron chi connectivity index (χ4n) is 1.60. The van der Waals surface area contributed by atoms with Crippen LogP contribution in [0, 0.1) is 5.92 Å². The zero-order valence-corrected chi connectivity index (χ0v) is 11.4. The first-order chi connectivity index (χ1) is 8.97. The Balaban J connectivity index is 2.91. The van der Waals surface area contributed by atoms with Gasteiger partial charge < -0.3 is 15.2 Å². The third-order valence-corrected chi connectivity index (χ3v) is 2.96. The monoisotopic (exact) mass is 265 g/mol. The van der Waals surface area contributed by atoms with Gasteiger partial charge in [0.05, 0.1) is 18.4 Å². The fraction of sp³-hybridized carbons (Fsp3) is 0.429. The summed E-state index contributed by atoms with van der Waals surface area (Å²) in [6.07, 6.45) is 1.27. The third kappa shape index (κ3) is 4.28. The van der Waals surface area contributed by atoms with Gasteiger partial charge in [-0.15, -0.1) is 0 Å². The summed E-state index contributed by atoms with van der Waals surface area (Å²) >= 11 is 0. The Bertz CT molecular complexity index is 471. The molecule has 0 fully saturated rings. The lowest BCUT2D eigenvalue weighted by molar-refractivity contribution is -0.117. The van der Waals surface area contributed by atoms with Crippen molar-refractivity contribution in [2.75, 3.05) is 12.4 Å². The zero-order valence-electron chi connectivity index (χ0n) is 11.4. The van der Waals surface area contributed by atoms with E-state index >= 15 is 0 Å². The van der Waals surface area contributed by atoms with Gasteiger partial charge in [0.1, 0.15) is 5.75 Å². The van der Waals surface area contributed by atoms with Crippen molar-refractivity contribution in [3.8, 4) is 5.75 Å². The van der Waals surface area contributed by atoms with Crippen molar-refractivity contribution >= 4 is 17.6 Å². The summed E-state index contributed by atoms with van der Waals surface area (Å²) in [5.41, 5.74) is 0.318. The molecule has 5 nitrogen and oxygen atoms in total. The highest BCUT2D eigenvalue weighted by Gasteiger charge is 2.14. The molecule has 1 aromatic carbocycles. The average Bonchev–Trinajstić information content (AvgIpc) is 2.37. The number of nitrogens with one attached hydrogen (secondary N) is 1. The van der Waals surface area contributed by atoms with Crippen molar-refractivity contribution in [3.05, 3.63) is 23.8 Å². The molecule has 2 N–H and O–H groups in total. The summed E-state index contributed by atoms with van der Waals surface area (Å²) in [6.45, 7) is 3.98. The molecule has 1 amide bonds. The van der Waals surface area contributed by atoms with Gasteiger partial charge in [-0.3, -0.25) is 4.79 Å². The number of hydrogen-bond donors (Lipinski definition) is 2. The maximum absolute atomic E-state index is 11.8. The summed E-state index contributed by atoms with van der Waals surface area (Å²) in [7, 11) is 1.49. The number of carbonyl (C=O) groups is 2. The van der Waals surface area contributed by atoms with Crippen molar-refractivity contribution in [1.29, 1.82) is 0 Å². The number of carboxylic acid groups (broad SMARTS) is 1. The number of carbonyl (C=O) groups excluding carboxylic acids is 1. The van der Waals surface area contributed by atoms with Crippen LogP contribution in [0.2, 0.25) is 0 Å². The van der Waals surface area contributed by atoms with Gasteiger partial charge in [0.15, 0.2) is 0 Å². The molecular weight excluding hydrogens is 246 g/mol. The summed E-state index contributed by atoms with van der Waals surface area (Å²) in [4.78, 5) is 22.9. The van der Waals surface area contributed by atoms with Crippen LogP contribution in [0.3, 0.4) is 0 Å². The minimum Gasteiger partial charge on any atom is -0.497 e. The van der Waals surface area contributed by atoms with Crippen LogP contribution in [0.15, 0.2) is 18.2 Å².